The average Bonchev–Trinajstić information content (AvgIpc) is 3.30. The van der Waals surface area contributed by atoms with Gasteiger partial charge in [-0.25, -0.2) is 4.39 Å². The summed E-state index contributed by atoms with van der Waals surface area (Å²) in [7, 11) is 4.48. The molecule has 2 amide bonds. The van der Waals surface area contributed by atoms with Crippen molar-refractivity contribution in [3.8, 4) is 28.5 Å². The summed E-state index contributed by atoms with van der Waals surface area (Å²) < 4.78 is 36.5. The number of methoxy groups -OCH3 is 3. The molecule has 0 saturated carbocycles. The van der Waals surface area contributed by atoms with Crippen LogP contribution in [0.4, 0.5) is 15.8 Å². The molecule has 2 N–H and O–H groups in total. The zero-order chi connectivity index (χ0) is 28.1. The minimum absolute atomic E-state index is 0.0333. The van der Waals surface area contributed by atoms with Gasteiger partial charge in [0.25, 0.3) is 5.91 Å². The maximum absolute atomic E-state index is 14.5. The van der Waals surface area contributed by atoms with Crippen molar-refractivity contribution in [1.82, 2.24) is 5.16 Å². The number of halogens is 2. The van der Waals surface area contributed by atoms with E-state index in [1.165, 1.54) is 27.4 Å². The smallest absolute Gasteiger partial charge is 0.261 e. The highest BCUT2D eigenvalue weighted by molar-refractivity contribution is 14.1. The molecule has 1 heterocycles. The first-order chi connectivity index (χ1) is 18.7. The molecule has 0 aliphatic heterocycles. The van der Waals surface area contributed by atoms with Crippen molar-refractivity contribution in [2.24, 2.45) is 0 Å². The van der Waals surface area contributed by atoms with Crippen molar-refractivity contribution < 1.29 is 32.7 Å². The van der Waals surface area contributed by atoms with Crippen LogP contribution < -0.4 is 24.8 Å². The zero-order valence-corrected chi connectivity index (χ0v) is 23.7. The topological polar surface area (TPSA) is 112 Å². The molecule has 1 aromatic heterocycles. The fourth-order valence-electron chi connectivity index (χ4n) is 4.00. The molecule has 0 bridgehead atoms. The minimum atomic E-state index is -0.516. The van der Waals surface area contributed by atoms with Gasteiger partial charge in [0.1, 0.15) is 22.8 Å². The SMILES string of the molecule is COc1cc(NC(=O)Cc2cccc(NC(=O)c3c(-c4cc(I)ccc4F)noc3C)c2)cc(OC)c1OC. The lowest BCUT2D eigenvalue weighted by Crippen LogP contribution is -2.16. The molecule has 0 fully saturated rings. The van der Waals surface area contributed by atoms with Gasteiger partial charge in [-0.2, -0.15) is 0 Å². The Morgan fingerprint density at radius 3 is 2.33 bits per heavy atom. The number of nitrogens with zero attached hydrogens (tertiary/aromatic N) is 1. The lowest BCUT2D eigenvalue weighted by molar-refractivity contribution is -0.115. The first-order valence-electron chi connectivity index (χ1n) is 11.7. The van der Waals surface area contributed by atoms with Gasteiger partial charge in [0.05, 0.1) is 27.8 Å². The molecular weight excluding hydrogens is 620 g/mol. The number of hydrogen-bond donors (Lipinski definition) is 2. The number of hydrogen-bond acceptors (Lipinski definition) is 7. The van der Waals surface area contributed by atoms with Crippen LogP contribution in [0.5, 0.6) is 17.2 Å². The van der Waals surface area contributed by atoms with Crippen LogP contribution in [0.25, 0.3) is 11.3 Å². The molecule has 0 aliphatic carbocycles. The number of benzene rings is 3. The van der Waals surface area contributed by atoms with Gasteiger partial charge in [-0.3, -0.25) is 9.59 Å². The third-order valence-corrected chi connectivity index (χ3v) is 6.44. The van der Waals surface area contributed by atoms with Crippen LogP contribution in [0.1, 0.15) is 21.7 Å². The molecule has 0 unspecified atom stereocenters. The number of nitrogens with one attached hydrogen (secondary N) is 2. The quantitative estimate of drug-likeness (QED) is 0.220. The number of carbonyl (C=O) groups is 2. The normalized spacial score (nSPS) is 10.6. The molecule has 4 rings (SSSR count). The monoisotopic (exact) mass is 645 g/mol. The van der Waals surface area contributed by atoms with Crippen LogP contribution in [0.15, 0.2) is 59.1 Å². The van der Waals surface area contributed by atoms with E-state index in [2.05, 4.69) is 38.4 Å². The van der Waals surface area contributed by atoms with Crippen LogP contribution in [0.3, 0.4) is 0 Å². The summed E-state index contributed by atoms with van der Waals surface area (Å²) in [5.41, 5.74) is 1.98. The maximum atomic E-state index is 14.5. The predicted octanol–water partition coefficient (Wildman–Crippen LogP) is 5.85. The van der Waals surface area contributed by atoms with Gasteiger partial charge in [-0.05, 0) is 65.4 Å². The van der Waals surface area contributed by atoms with Gasteiger partial charge in [-0.15, -0.1) is 0 Å². The van der Waals surface area contributed by atoms with Crippen molar-refractivity contribution in [2.75, 3.05) is 32.0 Å². The van der Waals surface area contributed by atoms with E-state index in [1.54, 1.807) is 55.5 Å². The Morgan fingerprint density at radius 1 is 0.949 bits per heavy atom. The lowest BCUT2D eigenvalue weighted by atomic mass is 10.0. The number of aryl methyl sites for hydroxylation is 1. The molecule has 0 radical (unpaired) electrons. The van der Waals surface area contributed by atoms with E-state index < -0.39 is 11.7 Å². The summed E-state index contributed by atoms with van der Waals surface area (Å²) in [6, 6.07) is 14.6. The molecule has 0 spiro atoms. The van der Waals surface area contributed by atoms with E-state index in [0.29, 0.717) is 34.2 Å². The van der Waals surface area contributed by atoms with Gasteiger partial charge >= 0.3 is 0 Å². The van der Waals surface area contributed by atoms with Gasteiger partial charge in [0.2, 0.25) is 11.7 Å². The van der Waals surface area contributed by atoms with Crippen LogP contribution in [-0.4, -0.2) is 38.3 Å². The summed E-state index contributed by atoms with van der Waals surface area (Å²) in [6.45, 7) is 1.58. The van der Waals surface area contributed by atoms with Gasteiger partial charge in [0.15, 0.2) is 11.5 Å². The second-order valence-corrected chi connectivity index (χ2v) is 9.63. The fourth-order valence-corrected chi connectivity index (χ4v) is 4.49. The second-order valence-electron chi connectivity index (χ2n) is 8.38. The Balaban J connectivity index is 1.50. The fraction of sp³-hybridized carbons (Fsp3) is 0.179. The lowest BCUT2D eigenvalue weighted by Gasteiger charge is -2.14. The van der Waals surface area contributed by atoms with Crippen LogP contribution >= 0.6 is 22.6 Å². The van der Waals surface area contributed by atoms with Crippen molar-refractivity contribution in [3.05, 3.63) is 80.9 Å². The van der Waals surface area contributed by atoms with Crippen molar-refractivity contribution >= 4 is 45.8 Å². The first kappa shape index (κ1) is 27.9. The molecule has 11 heteroatoms. The Morgan fingerprint density at radius 2 is 1.67 bits per heavy atom. The van der Waals surface area contributed by atoms with Crippen LogP contribution in [0.2, 0.25) is 0 Å². The Bertz CT molecular complexity index is 1510. The van der Waals surface area contributed by atoms with Crippen molar-refractivity contribution in [3.63, 3.8) is 0 Å². The standard InChI is InChI=1S/C28H25FIN3O6/c1-15-25(26(33-39-15)20-12-17(30)8-9-21(20)29)28(35)32-18-7-5-6-16(10-18)11-24(34)31-19-13-22(36-2)27(38-4)23(14-19)37-3/h5-10,12-14H,11H2,1-4H3,(H,31,34)(H,32,35). The molecule has 9 nitrogen and oxygen atoms in total. The minimum Gasteiger partial charge on any atom is -0.493 e. The maximum Gasteiger partial charge on any atom is 0.261 e. The van der Waals surface area contributed by atoms with Gasteiger partial charge < -0.3 is 29.4 Å². The largest absolute Gasteiger partial charge is 0.493 e. The summed E-state index contributed by atoms with van der Waals surface area (Å²) in [4.78, 5) is 26.0. The molecule has 3 aromatic carbocycles. The Hall–Kier alpha value is -4.13. The highest BCUT2D eigenvalue weighted by Gasteiger charge is 2.24. The first-order valence-corrected chi connectivity index (χ1v) is 12.7. The molecule has 202 valence electrons. The van der Waals surface area contributed by atoms with Gasteiger partial charge in [-0.1, -0.05) is 17.3 Å². The predicted molar refractivity (Wildman–Crippen MR) is 152 cm³/mol. The second kappa shape index (κ2) is 12.2. The molecule has 4 aromatic rings. The molecule has 0 saturated heterocycles. The summed E-state index contributed by atoms with van der Waals surface area (Å²) in [5, 5.41) is 9.54. The number of ether oxygens (including phenoxy) is 3. The third-order valence-electron chi connectivity index (χ3n) is 5.77. The summed E-state index contributed by atoms with van der Waals surface area (Å²) in [5.74, 6) is 0.160. The molecule has 39 heavy (non-hydrogen) atoms. The van der Waals surface area contributed by atoms with E-state index in [-0.39, 0.29) is 34.9 Å². The van der Waals surface area contributed by atoms with Crippen molar-refractivity contribution in [2.45, 2.75) is 13.3 Å². The van der Waals surface area contributed by atoms with E-state index in [9.17, 15) is 14.0 Å². The average molecular weight is 645 g/mol. The third kappa shape index (κ3) is 6.30. The van der Waals surface area contributed by atoms with Crippen LogP contribution in [0, 0.1) is 16.3 Å². The number of anilines is 2. The zero-order valence-electron chi connectivity index (χ0n) is 21.6. The number of rotatable bonds is 9. The van der Waals surface area contributed by atoms with Crippen LogP contribution in [-0.2, 0) is 11.2 Å². The number of carbonyl (C=O) groups excluding carboxylic acids is 2. The molecule has 0 aliphatic rings. The molecular formula is C28H25FIN3O6. The van der Waals surface area contributed by atoms with E-state index in [4.69, 9.17) is 18.7 Å². The highest BCUT2D eigenvalue weighted by Crippen LogP contribution is 2.40. The Kier molecular flexibility index (Phi) is 8.69. The summed E-state index contributed by atoms with van der Waals surface area (Å²) in [6.07, 6.45) is 0.0333. The summed E-state index contributed by atoms with van der Waals surface area (Å²) >= 11 is 2.06. The number of aromatic nitrogens is 1. The highest BCUT2D eigenvalue weighted by atomic mass is 127. The van der Waals surface area contributed by atoms with E-state index in [1.807, 2.05) is 0 Å². The Labute approximate surface area is 237 Å². The van der Waals surface area contributed by atoms with E-state index in [0.717, 1.165) is 3.57 Å². The molecule has 0 atom stereocenters. The van der Waals surface area contributed by atoms with Gasteiger partial charge in [0, 0.05) is 32.6 Å². The van der Waals surface area contributed by atoms with Crippen molar-refractivity contribution in [1.29, 1.82) is 0 Å². The van der Waals surface area contributed by atoms with E-state index >= 15 is 0 Å². The number of amides is 2.